The van der Waals surface area contributed by atoms with Gasteiger partial charge in [0.15, 0.2) is 9.84 Å². The number of fused-ring (bicyclic) bond motifs is 1. The number of benzene rings is 2. The summed E-state index contributed by atoms with van der Waals surface area (Å²) in [6, 6.07) is 8.17. The van der Waals surface area contributed by atoms with E-state index in [9.17, 15) is 13.2 Å². The first-order valence-corrected chi connectivity index (χ1v) is 10.7. The molecule has 1 aliphatic heterocycles. The van der Waals surface area contributed by atoms with Crippen molar-refractivity contribution in [2.75, 3.05) is 18.2 Å². The van der Waals surface area contributed by atoms with Crippen LogP contribution >= 0.6 is 0 Å². The van der Waals surface area contributed by atoms with Gasteiger partial charge >= 0.3 is 0 Å². The summed E-state index contributed by atoms with van der Waals surface area (Å²) in [5.41, 5.74) is 2.53. The molecule has 0 radical (unpaired) electrons. The normalized spacial score (nSPS) is 15.8. The average molecular weight is 389 g/mol. The number of carbonyl (C=O) groups is 1. The zero-order valence-corrected chi connectivity index (χ0v) is 16.6. The van der Waals surface area contributed by atoms with Gasteiger partial charge in [-0.15, -0.1) is 0 Å². The molecule has 0 spiro atoms. The fraction of sp³-hybridized carbons (Fsp3) is 0.350. The van der Waals surface area contributed by atoms with E-state index >= 15 is 0 Å². The van der Waals surface area contributed by atoms with Gasteiger partial charge in [-0.05, 0) is 44.5 Å². The number of hydrogen-bond acceptors (Lipinski definition) is 5. The van der Waals surface area contributed by atoms with Crippen molar-refractivity contribution < 1.29 is 22.7 Å². The van der Waals surface area contributed by atoms with Gasteiger partial charge in [0.2, 0.25) is 0 Å². The molecule has 1 heterocycles. The van der Waals surface area contributed by atoms with E-state index in [1.807, 2.05) is 19.9 Å². The molecule has 6 nitrogen and oxygen atoms in total. The minimum Gasteiger partial charge on any atom is -0.492 e. The molecule has 2 aromatic rings. The van der Waals surface area contributed by atoms with Crippen LogP contribution in [-0.2, 0) is 16.3 Å². The van der Waals surface area contributed by atoms with Crippen molar-refractivity contribution in [3.05, 3.63) is 47.0 Å². The molecular weight excluding hydrogens is 366 g/mol. The zero-order valence-electron chi connectivity index (χ0n) is 15.8. The van der Waals surface area contributed by atoms with Crippen LogP contribution in [0.5, 0.6) is 11.5 Å². The van der Waals surface area contributed by atoms with Gasteiger partial charge in [-0.2, -0.15) is 0 Å². The number of amides is 1. The van der Waals surface area contributed by atoms with E-state index in [1.165, 1.54) is 12.1 Å². The molecule has 0 unspecified atom stereocenters. The number of aryl methyl sites for hydroxylation is 1. The Labute approximate surface area is 159 Å². The lowest BCUT2D eigenvalue weighted by molar-refractivity contribution is 0.102. The Balaban J connectivity index is 1.96. The first kappa shape index (κ1) is 19.2. The summed E-state index contributed by atoms with van der Waals surface area (Å²) in [6.07, 6.45) is 1.99. The van der Waals surface area contributed by atoms with Crippen LogP contribution in [0, 0.1) is 6.92 Å². The van der Waals surface area contributed by atoms with Crippen LogP contribution in [0.2, 0.25) is 0 Å². The molecule has 27 heavy (non-hydrogen) atoms. The zero-order chi connectivity index (χ0) is 19.8. The highest BCUT2D eigenvalue weighted by atomic mass is 32.2. The average Bonchev–Trinajstić information content (AvgIpc) is 2.93. The van der Waals surface area contributed by atoms with E-state index in [1.54, 1.807) is 19.1 Å². The number of sulfone groups is 1. The molecule has 1 atom stereocenters. The first-order valence-electron chi connectivity index (χ1n) is 8.77. The van der Waals surface area contributed by atoms with Crippen LogP contribution in [0.15, 0.2) is 35.2 Å². The molecular formula is C20H23NO5S. The van der Waals surface area contributed by atoms with Crippen LogP contribution in [0.1, 0.15) is 35.3 Å². The van der Waals surface area contributed by atoms with Gasteiger partial charge in [-0.3, -0.25) is 4.79 Å². The second kappa shape index (κ2) is 7.23. The van der Waals surface area contributed by atoms with Gasteiger partial charge in [0, 0.05) is 29.9 Å². The largest absolute Gasteiger partial charge is 0.492 e. The summed E-state index contributed by atoms with van der Waals surface area (Å²) in [7, 11) is -3.40. The van der Waals surface area contributed by atoms with E-state index in [-0.39, 0.29) is 11.0 Å². The van der Waals surface area contributed by atoms with Crippen molar-refractivity contribution in [2.24, 2.45) is 0 Å². The van der Waals surface area contributed by atoms with Crippen LogP contribution in [-0.4, -0.2) is 33.3 Å². The van der Waals surface area contributed by atoms with Crippen LogP contribution < -0.4 is 14.8 Å². The summed E-state index contributed by atoms with van der Waals surface area (Å²) >= 11 is 0. The summed E-state index contributed by atoms with van der Waals surface area (Å²) in [6.45, 7) is 6.08. The quantitative estimate of drug-likeness (QED) is 0.848. The first-order chi connectivity index (χ1) is 12.7. The minimum atomic E-state index is -3.40. The van der Waals surface area contributed by atoms with Crippen LogP contribution in [0.25, 0.3) is 0 Å². The standard InChI is InChI=1S/C20H23NO5S/c1-5-25-19-9-14-8-13(3)26-18(14)11-17(19)21-20(22)16-10-15(27(4,23)24)7-6-12(16)2/h6-7,9-11,13H,5,8H2,1-4H3,(H,21,22)/t13-/m0/s1. The molecule has 144 valence electrons. The summed E-state index contributed by atoms with van der Waals surface area (Å²) in [4.78, 5) is 12.9. The maximum absolute atomic E-state index is 12.8. The molecule has 0 saturated heterocycles. The fourth-order valence-electron chi connectivity index (χ4n) is 3.08. The monoisotopic (exact) mass is 389 g/mol. The lowest BCUT2D eigenvalue weighted by atomic mass is 10.1. The highest BCUT2D eigenvalue weighted by Crippen LogP contribution is 2.38. The van der Waals surface area contributed by atoms with E-state index in [0.717, 1.165) is 24.0 Å². The van der Waals surface area contributed by atoms with Gasteiger partial charge in [0.05, 0.1) is 17.2 Å². The number of rotatable bonds is 5. The summed E-state index contributed by atoms with van der Waals surface area (Å²) in [5, 5.41) is 2.84. The fourth-order valence-corrected chi connectivity index (χ4v) is 3.73. The Morgan fingerprint density at radius 3 is 2.70 bits per heavy atom. The van der Waals surface area contributed by atoms with Crippen LogP contribution in [0.4, 0.5) is 5.69 Å². The molecule has 0 fully saturated rings. The Morgan fingerprint density at radius 2 is 2.04 bits per heavy atom. The molecule has 7 heteroatoms. The summed E-state index contributed by atoms with van der Waals surface area (Å²) < 4.78 is 35.1. The highest BCUT2D eigenvalue weighted by Gasteiger charge is 2.23. The lowest BCUT2D eigenvalue weighted by Crippen LogP contribution is -2.15. The smallest absolute Gasteiger partial charge is 0.256 e. The third-order valence-corrected chi connectivity index (χ3v) is 5.54. The van der Waals surface area contributed by atoms with Crippen molar-refractivity contribution in [3.8, 4) is 11.5 Å². The van der Waals surface area contributed by atoms with E-state index in [2.05, 4.69) is 5.32 Å². The highest BCUT2D eigenvalue weighted by molar-refractivity contribution is 7.90. The Morgan fingerprint density at radius 1 is 1.30 bits per heavy atom. The molecule has 3 rings (SSSR count). The van der Waals surface area contributed by atoms with Gasteiger partial charge in [0.1, 0.15) is 17.6 Å². The molecule has 0 bridgehead atoms. The van der Waals surface area contributed by atoms with Crippen molar-refractivity contribution in [3.63, 3.8) is 0 Å². The van der Waals surface area contributed by atoms with E-state index < -0.39 is 15.7 Å². The van der Waals surface area contributed by atoms with Crippen molar-refractivity contribution in [1.82, 2.24) is 0 Å². The molecule has 0 saturated carbocycles. The summed E-state index contributed by atoms with van der Waals surface area (Å²) in [5.74, 6) is 0.895. The number of carbonyl (C=O) groups excluding carboxylic acids is 1. The van der Waals surface area contributed by atoms with E-state index in [4.69, 9.17) is 9.47 Å². The van der Waals surface area contributed by atoms with Gasteiger partial charge in [-0.1, -0.05) is 6.07 Å². The van der Waals surface area contributed by atoms with Gasteiger partial charge in [0.25, 0.3) is 5.91 Å². The maximum atomic E-state index is 12.8. The number of anilines is 1. The van der Waals surface area contributed by atoms with Gasteiger partial charge < -0.3 is 14.8 Å². The van der Waals surface area contributed by atoms with Gasteiger partial charge in [-0.25, -0.2) is 8.42 Å². The Kier molecular flexibility index (Phi) is 5.15. The second-order valence-electron chi connectivity index (χ2n) is 6.72. The Bertz CT molecular complexity index is 998. The Hall–Kier alpha value is -2.54. The third kappa shape index (κ3) is 4.08. The van der Waals surface area contributed by atoms with Crippen molar-refractivity contribution >= 4 is 21.4 Å². The molecule has 1 amide bonds. The molecule has 2 aromatic carbocycles. The molecule has 1 N–H and O–H groups in total. The maximum Gasteiger partial charge on any atom is 0.256 e. The minimum absolute atomic E-state index is 0.0779. The topological polar surface area (TPSA) is 81.7 Å². The molecule has 0 aromatic heterocycles. The predicted molar refractivity (Wildman–Crippen MR) is 104 cm³/mol. The SMILES string of the molecule is CCOc1cc2c(cc1NC(=O)c1cc(S(C)(=O)=O)ccc1C)O[C@@H](C)C2. The number of hydrogen-bond donors (Lipinski definition) is 1. The number of nitrogens with one attached hydrogen (secondary N) is 1. The second-order valence-corrected chi connectivity index (χ2v) is 8.74. The molecule has 1 aliphatic rings. The third-order valence-electron chi connectivity index (χ3n) is 4.43. The van der Waals surface area contributed by atoms with Crippen molar-refractivity contribution in [1.29, 1.82) is 0 Å². The van der Waals surface area contributed by atoms with Crippen LogP contribution in [0.3, 0.4) is 0 Å². The molecule has 0 aliphatic carbocycles. The predicted octanol–water partition coefficient (Wildman–Crippen LogP) is 3.37. The number of ether oxygens (including phenoxy) is 2. The lowest BCUT2D eigenvalue weighted by Gasteiger charge is -2.14. The van der Waals surface area contributed by atoms with E-state index in [0.29, 0.717) is 29.2 Å². The van der Waals surface area contributed by atoms with Crippen molar-refractivity contribution in [2.45, 2.75) is 38.2 Å².